The number of anilines is 2. The maximum atomic E-state index is 11.7. The highest BCUT2D eigenvalue weighted by molar-refractivity contribution is 5.80. The molecule has 1 amide bonds. The largest absolute Gasteiger partial charge is 0.382 e. The molecule has 1 aliphatic heterocycles. The molecule has 0 aliphatic carbocycles. The number of nitrogens with two attached hydrogens (primary N) is 1. The number of hydrogen-bond donors (Lipinski definition) is 2. The van der Waals surface area contributed by atoms with Crippen LogP contribution in [-0.2, 0) is 4.79 Å². The molecule has 1 aromatic rings. The Morgan fingerprint density at radius 1 is 1.44 bits per heavy atom. The fraction of sp³-hybridized carbons (Fsp3) is 0.500. The molecule has 3 N–H and O–H groups in total. The fourth-order valence-electron chi connectivity index (χ4n) is 1.71. The molecule has 1 saturated heterocycles. The Bertz CT molecular complexity index is 375. The highest BCUT2D eigenvalue weighted by Crippen LogP contribution is 2.08. The van der Waals surface area contributed by atoms with E-state index in [0.29, 0.717) is 11.6 Å². The SMILES string of the molecule is Nc1cncc(NCC(=O)N2CCCC2)n1. The molecular formula is C10H15N5O. The monoisotopic (exact) mass is 221 g/mol. The Balaban J connectivity index is 1.84. The predicted octanol–water partition coefficient (Wildman–Crippen LogP) is 0.0931. The molecule has 0 atom stereocenters. The number of carbonyl (C=O) groups excluding carboxylic acids is 1. The zero-order valence-corrected chi connectivity index (χ0v) is 9.02. The van der Waals surface area contributed by atoms with Gasteiger partial charge >= 0.3 is 0 Å². The molecule has 0 radical (unpaired) electrons. The van der Waals surface area contributed by atoms with E-state index < -0.39 is 0 Å². The van der Waals surface area contributed by atoms with Gasteiger partial charge in [-0.2, -0.15) is 0 Å². The minimum atomic E-state index is 0.0988. The second-order valence-electron chi connectivity index (χ2n) is 3.77. The van der Waals surface area contributed by atoms with Gasteiger partial charge in [0.05, 0.1) is 18.9 Å². The van der Waals surface area contributed by atoms with Crippen molar-refractivity contribution in [2.24, 2.45) is 0 Å². The molecule has 1 fully saturated rings. The molecule has 86 valence electrons. The van der Waals surface area contributed by atoms with Crippen LogP contribution in [0.25, 0.3) is 0 Å². The van der Waals surface area contributed by atoms with Crippen LogP contribution in [0.5, 0.6) is 0 Å². The zero-order chi connectivity index (χ0) is 11.4. The summed E-state index contributed by atoms with van der Waals surface area (Å²) in [7, 11) is 0. The molecule has 16 heavy (non-hydrogen) atoms. The number of nitrogen functional groups attached to an aromatic ring is 1. The van der Waals surface area contributed by atoms with Crippen molar-refractivity contribution in [2.75, 3.05) is 30.7 Å². The van der Waals surface area contributed by atoms with E-state index in [1.807, 2.05) is 4.90 Å². The van der Waals surface area contributed by atoms with Gasteiger partial charge in [-0.1, -0.05) is 0 Å². The van der Waals surface area contributed by atoms with Crippen LogP contribution >= 0.6 is 0 Å². The van der Waals surface area contributed by atoms with Gasteiger partial charge in [0.1, 0.15) is 11.6 Å². The second-order valence-corrected chi connectivity index (χ2v) is 3.77. The van der Waals surface area contributed by atoms with Gasteiger partial charge in [-0.3, -0.25) is 9.78 Å². The first kappa shape index (κ1) is 10.7. The number of hydrogen-bond acceptors (Lipinski definition) is 5. The average Bonchev–Trinajstić information content (AvgIpc) is 2.79. The lowest BCUT2D eigenvalue weighted by Gasteiger charge is -2.15. The number of likely N-dealkylation sites (tertiary alicyclic amines) is 1. The van der Waals surface area contributed by atoms with E-state index in [2.05, 4.69) is 15.3 Å². The minimum absolute atomic E-state index is 0.0988. The van der Waals surface area contributed by atoms with Crippen molar-refractivity contribution in [2.45, 2.75) is 12.8 Å². The Kier molecular flexibility index (Phi) is 3.19. The van der Waals surface area contributed by atoms with Crippen molar-refractivity contribution in [3.63, 3.8) is 0 Å². The van der Waals surface area contributed by atoms with Crippen LogP contribution in [0, 0.1) is 0 Å². The summed E-state index contributed by atoms with van der Waals surface area (Å²) in [6, 6.07) is 0. The summed E-state index contributed by atoms with van der Waals surface area (Å²) in [6.07, 6.45) is 5.22. The zero-order valence-electron chi connectivity index (χ0n) is 9.02. The van der Waals surface area contributed by atoms with E-state index in [1.165, 1.54) is 6.20 Å². The van der Waals surface area contributed by atoms with Gasteiger partial charge in [0.15, 0.2) is 0 Å². The smallest absolute Gasteiger partial charge is 0.241 e. The average molecular weight is 221 g/mol. The first-order chi connectivity index (χ1) is 7.75. The van der Waals surface area contributed by atoms with Crippen LogP contribution in [0.1, 0.15) is 12.8 Å². The molecule has 0 spiro atoms. The fourth-order valence-corrected chi connectivity index (χ4v) is 1.71. The van der Waals surface area contributed by atoms with Crippen LogP contribution in [0.2, 0.25) is 0 Å². The minimum Gasteiger partial charge on any atom is -0.382 e. The summed E-state index contributed by atoms with van der Waals surface area (Å²) in [4.78, 5) is 21.4. The van der Waals surface area contributed by atoms with E-state index in [0.717, 1.165) is 25.9 Å². The molecule has 6 heteroatoms. The highest BCUT2D eigenvalue weighted by Gasteiger charge is 2.17. The highest BCUT2D eigenvalue weighted by atomic mass is 16.2. The number of rotatable bonds is 3. The molecule has 1 aromatic heterocycles. The van der Waals surface area contributed by atoms with Gasteiger partial charge in [0, 0.05) is 13.1 Å². The van der Waals surface area contributed by atoms with Gasteiger partial charge < -0.3 is 16.0 Å². The number of aromatic nitrogens is 2. The maximum absolute atomic E-state index is 11.7. The first-order valence-electron chi connectivity index (χ1n) is 5.35. The second kappa shape index (κ2) is 4.78. The Labute approximate surface area is 93.9 Å². The van der Waals surface area contributed by atoms with Crippen molar-refractivity contribution in [3.8, 4) is 0 Å². The molecule has 2 heterocycles. The third-order valence-corrected chi connectivity index (χ3v) is 2.53. The van der Waals surface area contributed by atoms with Crippen molar-refractivity contribution >= 4 is 17.5 Å². The molecule has 0 saturated carbocycles. The summed E-state index contributed by atoms with van der Waals surface area (Å²) in [5.41, 5.74) is 5.48. The standard InChI is InChI=1S/C10H15N5O/c11-8-5-12-6-9(14-8)13-7-10(16)15-3-1-2-4-15/h5-6H,1-4,7H2,(H3,11,13,14). The Hall–Kier alpha value is -1.85. The number of carbonyl (C=O) groups is 1. The van der Waals surface area contributed by atoms with E-state index in [4.69, 9.17) is 5.73 Å². The third-order valence-electron chi connectivity index (χ3n) is 2.53. The van der Waals surface area contributed by atoms with Crippen LogP contribution in [0.4, 0.5) is 11.6 Å². The lowest BCUT2D eigenvalue weighted by molar-refractivity contribution is -0.128. The Morgan fingerprint density at radius 3 is 2.88 bits per heavy atom. The predicted molar refractivity (Wildman–Crippen MR) is 60.7 cm³/mol. The van der Waals surface area contributed by atoms with E-state index in [1.54, 1.807) is 6.20 Å². The molecule has 0 bridgehead atoms. The number of nitrogens with one attached hydrogen (secondary N) is 1. The van der Waals surface area contributed by atoms with Gasteiger partial charge in [-0.15, -0.1) is 0 Å². The normalized spacial score (nSPS) is 15.1. The molecule has 6 nitrogen and oxygen atoms in total. The molecular weight excluding hydrogens is 206 g/mol. The van der Waals surface area contributed by atoms with Crippen molar-refractivity contribution in [1.29, 1.82) is 0 Å². The van der Waals surface area contributed by atoms with Crippen molar-refractivity contribution in [3.05, 3.63) is 12.4 Å². The van der Waals surface area contributed by atoms with Crippen LogP contribution in [0.15, 0.2) is 12.4 Å². The molecule has 2 rings (SSSR count). The molecule has 1 aliphatic rings. The van der Waals surface area contributed by atoms with E-state index in [9.17, 15) is 4.79 Å². The van der Waals surface area contributed by atoms with Crippen LogP contribution in [-0.4, -0.2) is 40.4 Å². The summed E-state index contributed by atoms with van der Waals surface area (Å²) in [5, 5.41) is 2.92. The van der Waals surface area contributed by atoms with Crippen molar-refractivity contribution < 1.29 is 4.79 Å². The lowest BCUT2D eigenvalue weighted by Crippen LogP contribution is -2.33. The van der Waals surface area contributed by atoms with Crippen LogP contribution in [0.3, 0.4) is 0 Å². The van der Waals surface area contributed by atoms with Gasteiger partial charge in [0.25, 0.3) is 0 Å². The maximum Gasteiger partial charge on any atom is 0.241 e. The van der Waals surface area contributed by atoms with E-state index >= 15 is 0 Å². The Morgan fingerprint density at radius 2 is 2.19 bits per heavy atom. The molecule has 0 unspecified atom stereocenters. The van der Waals surface area contributed by atoms with Gasteiger partial charge in [-0.25, -0.2) is 4.98 Å². The number of amides is 1. The summed E-state index contributed by atoms with van der Waals surface area (Å²) in [6.45, 7) is 1.98. The summed E-state index contributed by atoms with van der Waals surface area (Å²) in [5.74, 6) is 0.980. The third kappa shape index (κ3) is 2.59. The lowest BCUT2D eigenvalue weighted by atomic mass is 10.4. The summed E-state index contributed by atoms with van der Waals surface area (Å²) < 4.78 is 0. The molecule has 0 aromatic carbocycles. The number of nitrogens with zero attached hydrogens (tertiary/aromatic N) is 3. The topological polar surface area (TPSA) is 84.1 Å². The quantitative estimate of drug-likeness (QED) is 0.756. The van der Waals surface area contributed by atoms with Gasteiger partial charge in [-0.05, 0) is 12.8 Å². The van der Waals surface area contributed by atoms with Gasteiger partial charge in [0.2, 0.25) is 5.91 Å². The van der Waals surface area contributed by atoms with Crippen LogP contribution < -0.4 is 11.1 Å². The summed E-state index contributed by atoms with van der Waals surface area (Å²) >= 11 is 0. The van der Waals surface area contributed by atoms with E-state index in [-0.39, 0.29) is 12.5 Å². The first-order valence-corrected chi connectivity index (χ1v) is 5.35. The van der Waals surface area contributed by atoms with Crippen molar-refractivity contribution in [1.82, 2.24) is 14.9 Å².